The third kappa shape index (κ3) is 2.71. The first-order chi connectivity index (χ1) is 13.7. The van der Waals surface area contributed by atoms with Crippen molar-refractivity contribution in [3.63, 3.8) is 0 Å². The van der Waals surface area contributed by atoms with E-state index in [0.717, 1.165) is 34.5 Å². The quantitative estimate of drug-likeness (QED) is 0.750. The number of nitrogens with one attached hydrogen (secondary N) is 1. The lowest BCUT2D eigenvalue weighted by Gasteiger charge is -2.39. The van der Waals surface area contributed by atoms with Crippen molar-refractivity contribution in [3.8, 4) is 11.3 Å². The molecule has 148 valence electrons. The molecule has 0 unspecified atom stereocenters. The molecule has 0 amide bonds. The molecule has 0 bridgehead atoms. The van der Waals surface area contributed by atoms with Crippen molar-refractivity contribution in [1.29, 1.82) is 0 Å². The van der Waals surface area contributed by atoms with Crippen LogP contribution in [0.15, 0.2) is 18.5 Å². The summed E-state index contributed by atoms with van der Waals surface area (Å²) in [5, 5.41) is 13.7. The summed E-state index contributed by atoms with van der Waals surface area (Å²) in [6, 6.07) is 2.84. The summed E-state index contributed by atoms with van der Waals surface area (Å²) in [6.07, 6.45) is 7.47. The second kappa shape index (κ2) is 6.88. The third-order valence-electron chi connectivity index (χ3n) is 6.23. The second-order valence-corrected chi connectivity index (χ2v) is 8.37. The first kappa shape index (κ1) is 17.7. The van der Waals surface area contributed by atoms with E-state index in [0.29, 0.717) is 12.1 Å². The van der Waals surface area contributed by atoms with Crippen LogP contribution in [0.25, 0.3) is 22.2 Å². The Morgan fingerprint density at radius 1 is 1.25 bits per heavy atom. The highest BCUT2D eigenvalue weighted by Gasteiger charge is 2.33. The number of hydrogen-bond acceptors (Lipinski definition) is 5. The van der Waals surface area contributed by atoms with Gasteiger partial charge in [0, 0.05) is 36.9 Å². The number of piperidine rings is 1. The fraction of sp³-hybridized carbons (Fsp3) is 0.571. The maximum atomic E-state index is 4.84. The van der Waals surface area contributed by atoms with Crippen molar-refractivity contribution in [2.75, 3.05) is 24.5 Å². The van der Waals surface area contributed by atoms with E-state index < -0.39 is 0 Å². The van der Waals surface area contributed by atoms with Crippen molar-refractivity contribution in [3.05, 3.63) is 24.2 Å². The van der Waals surface area contributed by atoms with Gasteiger partial charge in [-0.3, -0.25) is 9.78 Å². The molecule has 28 heavy (non-hydrogen) atoms. The van der Waals surface area contributed by atoms with E-state index in [2.05, 4.69) is 45.5 Å². The van der Waals surface area contributed by atoms with Gasteiger partial charge >= 0.3 is 0 Å². The highest BCUT2D eigenvalue weighted by molar-refractivity contribution is 6.02. The maximum Gasteiger partial charge on any atom is 0.140 e. The molecular weight excluding hydrogens is 350 g/mol. The van der Waals surface area contributed by atoms with Gasteiger partial charge in [-0.15, -0.1) is 0 Å². The van der Waals surface area contributed by atoms with Crippen LogP contribution in [0.2, 0.25) is 0 Å². The van der Waals surface area contributed by atoms with Gasteiger partial charge in [0.25, 0.3) is 0 Å². The van der Waals surface area contributed by atoms with Crippen LogP contribution in [0.3, 0.4) is 0 Å². The summed E-state index contributed by atoms with van der Waals surface area (Å²) in [4.78, 5) is 9.96. The lowest BCUT2D eigenvalue weighted by molar-refractivity contribution is 0.208. The standard InChI is InChI=1S/C21H29N7/c1-4-9-26-10-6-15(7-11-26)27-13-18-16(12-23-28(18)14(2)3)20-19-17(24-25-20)5-8-22-21(19)27/h5,8,12,14-15H,4,6-7,9-11,13H2,1-3H3,(H,24,25). The van der Waals surface area contributed by atoms with E-state index in [-0.39, 0.29) is 0 Å². The van der Waals surface area contributed by atoms with Crippen molar-refractivity contribution in [2.24, 2.45) is 0 Å². The molecular formula is C21H29N7. The fourth-order valence-electron chi connectivity index (χ4n) is 4.86. The number of H-pyrrole nitrogens is 1. The van der Waals surface area contributed by atoms with E-state index in [1.165, 1.54) is 44.6 Å². The number of pyridine rings is 1. The van der Waals surface area contributed by atoms with Crippen molar-refractivity contribution in [1.82, 2.24) is 29.9 Å². The average Bonchev–Trinajstić information content (AvgIpc) is 3.27. The van der Waals surface area contributed by atoms with Crippen molar-refractivity contribution in [2.45, 2.75) is 58.7 Å². The summed E-state index contributed by atoms with van der Waals surface area (Å²) < 4.78 is 2.15. The first-order valence-corrected chi connectivity index (χ1v) is 10.6. The van der Waals surface area contributed by atoms with Gasteiger partial charge in [0.1, 0.15) is 11.5 Å². The van der Waals surface area contributed by atoms with Gasteiger partial charge in [-0.2, -0.15) is 10.2 Å². The molecule has 0 aliphatic carbocycles. The molecule has 7 nitrogen and oxygen atoms in total. The van der Waals surface area contributed by atoms with E-state index in [1.54, 1.807) is 0 Å². The number of likely N-dealkylation sites (tertiary alicyclic amines) is 1. The monoisotopic (exact) mass is 379 g/mol. The molecule has 1 fully saturated rings. The van der Waals surface area contributed by atoms with Crippen LogP contribution >= 0.6 is 0 Å². The molecule has 7 heteroatoms. The summed E-state index contributed by atoms with van der Waals surface area (Å²) in [7, 11) is 0. The number of aromatic nitrogens is 5. The van der Waals surface area contributed by atoms with Gasteiger partial charge < -0.3 is 9.80 Å². The minimum absolute atomic E-state index is 0.320. The molecule has 0 atom stereocenters. The number of anilines is 1. The summed E-state index contributed by atoms with van der Waals surface area (Å²) in [5.74, 6) is 1.07. The lowest BCUT2D eigenvalue weighted by atomic mass is 10.0. The van der Waals surface area contributed by atoms with E-state index in [1.807, 2.05) is 18.5 Å². The predicted molar refractivity (Wildman–Crippen MR) is 111 cm³/mol. The number of aromatic amines is 1. The van der Waals surface area contributed by atoms with Crippen LogP contribution in [-0.2, 0) is 6.54 Å². The smallest absolute Gasteiger partial charge is 0.140 e. The molecule has 5 heterocycles. The first-order valence-electron chi connectivity index (χ1n) is 10.6. The molecule has 0 radical (unpaired) electrons. The van der Waals surface area contributed by atoms with Crippen LogP contribution in [0.1, 0.15) is 51.8 Å². The molecule has 2 aliphatic heterocycles. The molecule has 2 aliphatic rings. The third-order valence-corrected chi connectivity index (χ3v) is 6.23. The molecule has 3 aromatic heterocycles. The van der Waals surface area contributed by atoms with Gasteiger partial charge in [-0.05, 0) is 45.7 Å². The number of hydrogen-bond donors (Lipinski definition) is 1. The van der Waals surface area contributed by atoms with Crippen LogP contribution < -0.4 is 4.90 Å². The van der Waals surface area contributed by atoms with Crippen LogP contribution in [-0.4, -0.2) is 55.5 Å². The fourth-order valence-corrected chi connectivity index (χ4v) is 4.86. The normalized spacial score (nSPS) is 18.1. The van der Waals surface area contributed by atoms with Crippen molar-refractivity contribution < 1.29 is 0 Å². The SMILES string of the molecule is CCCN1CCC(N2Cc3c(cnn3C(C)C)-c3n[nH]c4ccnc2c34)CC1. The molecule has 1 N–H and O–H groups in total. The molecule has 0 aromatic carbocycles. The summed E-state index contributed by atoms with van der Waals surface area (Å²) in [6.45, 7) is 11.0. The second-order valence-electron chi connectivity index (χ2n) is 8.37. The van der Waals surface area contributed by atoms with Gasteiger partial charge in [-0.25, -0.2) is 4.98 Å². The highest BCUT2D eigenvalue weighted by Crippen LogP contribution is 2.40. The largest absolute Gasteiger partial charge is 0.347 e. The Balaban J connectivity index is 1.60. The predicted octanol–water partition coefficient (Wildman–Crippen LogP) is 3.60. The zero-order valence-electron chi connectivity index (χ0n) is 17.0. The molecule has 0 saturated carbocycles. The Labute approximate surface area is 165 Å². The van der Waals surface area contributed by atoms with E-state index in [9.17, 15) is 0 Å². The molecule has 1 saturated heterocycles. The molecule has 0 spiro atoms. The van der Waals surface area contributed by atoms with Crippen molar-refractivity contribution >= 4 is 16.7 Å². The maximum absolute atomic E-state index is 4.84. The zero-order chi connectivity index (χ0) is 19.3. The van der Waals surface area contributed by atoms with Gasteiger partial charge in [-0.1, -0.05) is 6.92 Å². The van der Waals surface area contributed by atoms with E-state index in [4.69, 9.17) is 10.1 Å². The minimum atomic E-state index is 0.320. The van der Waals surface area contributed by atoms with Gasteiger partial charge in [0.15, 0.2) is 0 Å². The zero-order valence-corrected chi connectivity index (χ0v) is 17.0. The Kier molecular flexibility index (Phi) is 4.34. The molecule has 3 aromatic rings. The number of fused-ring (bicyclic) bond motifs is 2. The highest BCUT2D eigenvalue weighted by atomic mass is 15.3. The van der Waals surface area contributed by atoms with Gasteiger partial charge in [0.2, 0.25) is 0 Å². The van der Waals surface area contributed by atoms with Crippen LogP contribution in [0, 0.1) is 0 Å². The summed E-state index contributed by atoms with van der Waals surface area (Å²) in [5.41, 5.74) is 4.43. The van der Waals surface area contributed by atoms with E-state index >= 15 is 0 Å². The Hall–Kier alpha value is -2.41. The Morgan fingerprint density at radius 3 is 2.82 bits per heavy atom. The number of rotatable bonds is 4. The Bertz CT molecular complexity index is 978. The lowest BCUT2D eigenvalue weighted by Crippen LogP contribution is -2.45. The Morgan fingerprint density at radius 2 is 2.07 bits per heavy atom. The van der Waals surface area contributed by atoms with Crippen LogP contribution in [0.5, 0.6) is 0 Å². The summed E-state index contributed by atoms with van der Waals surface area (Å²) >= 11 is 0. The minimum Gasteiger partial charge on any atom is -0.347 e. The topological polar surface area (TPSA) is 65.9 Å². The van der Waals surface area contributed by atoms with Gasteiger partial charge in [0.05, 0.1) is 29.3 Å². The average molecular weight is 380 g/mol. The number of nitrogens with zero attached hydrogens (tertiary/aromatic N) is 6. The van der Waals surface area contributed by atoms with Crippen LogP contribution in [0.4, 0.5) is 5.82 Å². The molecule has 5 rings (SSSR count).